The van der Waals surface area contributed by atoms with Crippen LogP contribution in [0.15, 0.2) is 48.0 Å². The molecular formula is C22H25F3N4O3S. The van der Waals surface area contributed by atoms with Crippen LogP contribution in [-0.4, -0.2) is 59.0 Å². The number of hydrogen-bond acceptors (Lipinski definition) is 4. The molecule has 2 heterocycles. The smallest absolute Gasteiger partial charge is 0.333 e. The molecule has 1 aromatic heterocycles. The van der Waals surface area contributed by atoms with Crippen molar-refractivity contribution in [1.29, 1.82) is 0 Å². The molecule has 1 fully saturated rings. The number of sulfonamides is 1. The van der Waals surface area contributed by atoms with E-state index in [1.807, 2.05) is 0 Å². The van der Waals surface area contributed by atoms with Gasteiger partial charge in [-0.05, 0) is 44.5 Å². The second kappa shape index (κ2) is 9.14. The van der Waals surface area contributed by atoms with Crippen LogP contribution in [0.5, 0.6) is 0 Å². The van der Waals surface area contributed by atoms with E-state index in [-0.39, 0.29) is 36.0 Å². The van der Waals surface area contributed by atoms with Crippen LogP contribution in [0.1, 0.15) is 34.1 Å². The van der Waals surface area contributed by atoms with Gasteiger partial charge >= 0.3 is 6.18 Å². The Morgan fingerprint density at radius 2 is 1.94 bits per heavy atom. The Morgan fingerprint density at radius 1 is 1.24 bits per heavy atom. The number of carbonyl (C=O) groups excluding carboxylic acids is 1. The SMILES string of the molecule is C=C/C=C\n1ncc(C(=O)N2CCN(S(=O)(=O)c3cc(C(F)(F)F)ccc3C)C[C@@H]2C)c1C. The van der Waals surface area contributed by atoms with E-state index in [1.54, 1.807) is 37.1 Å². The largest absolute Gasteiger partial charge is 0.416 e. The zero-order valence-corrected chi connectivity index (χ0v) is 19.3. The van der Waals surface area contributed by atoms with Gasteiger partial charge in [0.1, 0.15) is 0 Å². The van der Waals surface area contributed by atoms with Crippen LogP contribution in [0.4, 0.5) is 13.2 Å². The minimum atomic E-state index is -4.65. The predicted octanol–water partition coefficient (Wildman–Crippen LogP) is 3.71. The first kappa shape index (κ1) is 24.7. The molecule has 0 N–H and O–H groups in total. The average Bonchev–Trinajstić information content (AvgIpc) is 3.11. The van der Waals surface area contributed by atoms with Crippen LogP contribution in [0, 0.1) is 13.8 Å². The van der Waals surface area contributed by atoms with Crippen LogP contribution >= 0.6 is 0 Å². The number of carbonyl (C=O) groups is 1. The summed E-state index contributed by atoms with van der Waals surface area (Å²) in [6.07, 6.45) is 1.71. The number of hydrogen-bond donors (Lipinski definition) is 0. The number of nitrogens with zero attached hydrogens (tertiary/aromatic N) is 4. The first-order chi connectivity index (χ1) is 15.4. The summed E-state index contributed by atoms with van der Waals surface area (Å²) in [5.41, 5.74) is 0.219. The topological polar surface area (TPSA) is 75.5 Å². The van der Waals surface area contributed by atoms with Crippen LogP contribution < -0.4 is 0 Å². The zero-order chi connectivity index (χ0) is 24.6. The lowest BCUT2D eigenvalue weighted by molar-refractivity contribution is -0.137. The molecule has 1 amide bonds. The van der Waals surface area contributed by atoms with Crippen molar-refractivity contribution in [3.8, 4) is 0 Å². The Hall–Kier alpha value is -2.92. The molecule has 2 aromatic rings. The van der Waals surface area contributed by atoms with Crippen molar-refractivity contribution in [3.05, 3.63) is 65.5 Å². The Balaban J connectivity index is 1.82. The van der Waals surface area contributed by atoms with Crippen molar-refractivity contribution >= 4 is 22.1 Å². The van der Waals surface area contributed by atoms with E-state index in [4.69, 9.17) is 0 Å². The van der Waals surface area contributed by atoms with Crippen molar-refractivity contribution in [1.82, 2.24) is 19.0 Å². The number of rotatable bonds is 5. The molecule has 11 heteroatoms. The fraction of sp³-hybridized carbons (Fsp3) is 0.364. The van der Waals surface area contributed by atoms with Crippen molar-refractivity contribution < 1.29 is 26.4 Å². The van der Waals surface area contributed by atoms with Gasteiger partial charge < -0.3 is 4.90 Å². The third kappa shape index (κ3) is 4.88. The number of aromatic nitrogens is 2. The van der Waals surface area contributed by atoms with E-state index in [0.717, 1.165) is 16.4 Å². The average molecular weight is 483 g/mol. The Labute approximate surface area is 190 Å². The van der Waals surface area contributed by atoms with Gasteiger partial charge in [-0.3, -0.25) is 4.79 Å². The number of halogens is 3. The molecule has 1 aromatic carbocycles. The standard InChI is InChI=1S/C22H25F3N4O3S/c1-5-6-9-29-17(4)19(13-26-29)21(30)28-11-10-27(14-16(28)3)33(31,32)20-12-18(22(23,24)25)8-7-15(20)2/h5-9,12-13,16H,1,10-11,14H2,2-4H3/b9-6-/t16-/m0/s1. The van der Waals surface area contributed by atoms with Crippen molar-refractivity contribution in [2.75, 3.05) is 19.6 Å². The Kier molecular flexibility index (Phi) is 6.85. The van der Waals surface area contributed by atoms with E-state index in [1.165, 1.54) is 17.8 Å². The Morgan fingerprint density at radius 3 is 2.55 bits per heavy atom. The first-order valence-electron chi connectivity index (χ1n) is 10.2. The van der Waals surface area contributed by atoms with Crippen LogP contribution in [0.25, 0.3) is 6.20 Å². The molecule has 0 spiro atoms. The maximum Gasteiger partial charge on any atom is 0.416 e. The number of amides is 1. The summed E-state index contributed by atoms with van der Waals surface area (Å²) in [6.45, 7) is 8.53. The molecule has 1 aliphatic rings. The van der Waals surface area contributed by atoms with E-state index >= 15 is 0 Å². The lowest BCUT2D eigenvalue weighted by Crippen LogP contribution is -2.55. The second-order valence-electron chi connectivity index (χ2n) is 7.85. The molecule has 0 bridgehead atoms. The van der Waals surface area contributed by atoms with Crippen molar-refractivity contribution in [2.45, 2.75) is 37.9 Å². The first-order valence-corrected chi connectivity index (χ1v) is 11.6. The highest BCUT2D eigenvalue weighted by atomic mass is 32.2. The lowest BCUT2D eigenvalue weighted by atomic mass is 10.1. The summed E-state index contributed by atoms with van der Waals surface area (Å²) in [4.78, 5) is 14.3. The predicted molar refractivity (Wildman–Crippen MR) is 118 cm³/mol. The molecule has 1 saturated heterocycles. The van der Waals surface area contributed by atoms with Gasteiger partial charge in [0.05, 0.1) is 27.9 Å². The minimum absolute atomic E-state index is 0.0301. The lowest BCUT2D eigenvalue weighted by Gasteiger charge is -2.39. The Bertz CT molecular complexity index is 1200. The maximum atomic E-state index is 13.2. The number of piperazine rings is 1. The van der Waals surface area contributed by atoms with Gasteiger partial charge in [0, 0.05) is 31.9 Å². The highest BCUT2D eigenvalue weighted by molar-refractivity contribution is 7.89. The summed E-state index contributed by atoms with van der Waals surface area (Å²) in [5, 5.41) is 4.16. The molecule has 1 atom stereocenters. The second-order valence-corrected chi connectivity index (χ2v) is 9.76. The third-order valence-corrected chi connectivity index (χ3v) is 7.63. The van der Waals surface area contributed by atoms with E-state index in [2.05, 4.69) is 11.7 Å². The summed E-state index contributed by atoms with van der Waals surface area (Å²) in [5.74, 6) is -0.287. The van der Waals surface area contributed by atoms with Gasteiger partial charge in [-0.25, -0.2) is 13.1 Å². The molecule has 7 nitrogen and oxygen atoms in total. The monoisotopic (exact) mass is 482 g/mol. The van der Waals surface area contributed by atoms with Gasteiger partial charge in [-0.2, -0.15) is 22.6 Å². The highest BCUT2D eigenvalue weighted by Crippen LogP contribution is 2.33. The fourth-order valence-electron chi connectivity index (χ4n) is 3.72. The molecular weight excluding hydrogens is 457 g/mol. The zero-order valence-electron chi connectivity index (χ0n) is 18.5. The summed E-state index contributed by atoms with van der Waals surface area (Å²) >= 11 is 0. The molecule has 0 aliphatic carbocycles. The van der Waals surface area contributed by atoms with Gasteiger partial charge in [0.25, 0.3) is 5.91 Å². The van der Waals surface area contributed by atoms with E-state index < -0.39 is 27.8 Å². The van der Waals surface area contributed by atoms with Crippen molar-refractivity contribution in [2.24, 2.45) is 0 Å². The van der Waals surface area contributed by atoms with E-state index in [0.29, 0.717) is 17.3 Å². The molecule has 1 aliphatic heterocycles. The molecule has 178 valence electrons. The fourth-order valence-corrected chi connectivity index (χ4v) is 5.48. The van der Waals surface area contributed by atoms with Gasteiger partial charge in [0.15, 0.2) is 0 Å². The maximum absolute atomic E-state index is 13.2. The summed E-state index contributed by atoms with van der Waals surface area (Å²) in [6, 6.07) is 2.19. The molecule has 0 radical (unpaired) electrons. The molecule has 33 heavy (non-hydrogen) atoms. The third-order valence-electron chi connectivity index (χ3n) is 5.62. The summed E-state index contributed by atoms with van der Waals surface area (Å²) < 4.78 is 68.4. The number of alkyl halides is 3. The number of allylic oxidation sites excluding steroid dienone is 2. The van der Waals surface area contributed by atoms with Crippen molar-refractivity contribution in [3.63, 3.8) is 0 Å². The normalized spacial score (nSPS) is 18.1. The van der Waals surface area contributed by atoms with E-state index in [9.17, 15) is 26.4 Å². The quantitative estimate of drug-likeness (QED) is 0.609. The van der Waals surface area contributed by atoms with Crippen LogP contribution in [0.2, 0.25) is 0 Å². The molecule has 3 rings (SSSR count). The van der Waals surface area contributed by atoms with Gasteiger partial charge in [-0.15, -0.1) is 0 Å². The van der Waals surface area contributed by atoms with Crippen LogP contribution in [0.3, 0.4) is 0 Å². The minimum Gasteiger partial charge on any atom is -0.333 e. The molecule has 0 saturated carbocycles. The highest BCUT2D eigenvalue weighted by Gasteiger charge is 2.38. The van der Waals surface area contributed by atoms with Gasteiger partial charge in [0.2, 0.25) is 10.0 Å². The number of benzene rings is 1. The van der Waals surface area contributed by atoms with Crippen LogP contribution in [-0.2, 0) is 16.2 Å². The number of aryl methyl sites for hydroxylation is 1. The van der Waals surface area contributed by atoms with Gasteiger partial charge in [-0.1, -0.05) is 18.7 Å². The molecule has 0 unspecified atom stereocenters. The summed E-state index contributed by atoms with van der Waals surface area (Å²) in [7, 11) is -4.18.